The lowest BCUT2D eigenvalue weighted by Gasteiger charge is -2.14. The second-order valence-electron chi connectivity index (χ2n) is 3.79. The predicted molar refractivity (Wildman–Crippen MR) is 60.7 cm³/mol. The van der Waals surface area contributed by atoms with E-state index in [0.29, 0.717) is 18.7 Å². The monoisotopic (exact) mass is 298 g/mol. The van der Waals surface area contributed by atoms with Gasteiger partial charge in [-0.3, -0.25) is 0 Å². The highest BCUT2D eigenvalue weighted by Gasteiger charge is 2.31. The van der Waals surface area contributed by atoms with Crippen LogP contribution in [-0.4, -0.2) is 31.2 Å². The van der Waals surface area contributed by atoms with Gasteiger partial charge in [0.15, 0.2) is 5.03 Å². The normalized spacial score (nSPS) is 14.4. The Morgan fingerprint density at radius 1 is 1.42 bits per heavy atom. The van der Waals surface area contributed by atoms with Crippen molar-refractivity contribution in [3.63, 3.8) is 0 Å². The molecule has 0 aliphatic rings. The number of aliphatic hydroxyl groups excluding tert-OH is 1. The zero-order valence-electron chi connectivity index (χ0n) is 9.98. The van der Waals surface area contributed by atoms with Crippen LogP contribution in [0.25, 0.3) is 0 Å². The van der Waals surface area contributed by atoms with Crippen molar-refractivity contribution >= 4 is 10.0 Å². The Balaban J connectivity index is 2.97. The first kappa shape index (κ1) is 15.9. The third-order valence-corrected chi connectivity index (χ3v) is 3.81. The van der Waals surface area contributed by atoms with Gasteiger partial charge in [-0.1, -0.05) is 6.92 Å². The highest BCUT2D eigenvalue weighted by atomic mass is 32.2. The van der Waals surface area contributed by atoms with Crippen molar-refractivity contribution in [2.75, 3.05) is 6.61 Å². The zero-order chi connectivity index (χ0) is 14.7. The Bertz CT molecular complexity index is 510. The molecule has 1 aromatic heterocycles. The molecule has 1 atom stereocenters. The van der Waals surface area contributed by atoms with Gasteiger partial charge in [0.05, 0.1) is 12.2 Å². The number of alkyl halides is 3. The minimum absolute atomic E-state index is 0.344. The molecule has 0 aromatic carbocycles. The Morgan fingerprint density at radius 3 is 2.42 bits per heavy atom. The van der Waals surface area contributed by atoms with Crippen molar-refractivity contribution in [1.82, 2.24) is 9.71 Å². The lowest BCUT2D eigenvalue weighted by Crippen LogP contribution is -2.37. The van der Waals surface area contributed by atoms with E-state index in [2.05, 4.69) is 9.71 Å². The van der Waals surface area contributed by atoms with Gasteiger partial charge < -0.3 is 5.11 Å². The molecule has 1 aromatic rings. The maximum Gasteiger partial charge on any atom is 0.417 e. The number of hydrogen-bond donors (Lipinski definition) is 2. The van der Waals surface area contributed by atoms with E-state index in [9.17, 15) is 21.6 Å². The Labute approximate surface area is 108 Å². The first-order valence-electron chi connectivity index (χ1n) is 5.37. The quantitative estimate of drug-likeness (QED) is 0.854. The molecule has 1 rings (SSSR count). The van der Waals surface area contributed by atoms with Gasteiger partial charge in [-0.2, -0.15) is 13.2 Å². The molecular formula is C10H13F3N2O3S. The fourth-order valence-electron chi connectivity index (χ4n) is 1.24. The van der Waals surface area contributed by atoms with Gasteiger partial charge in [0.1, 0.15) is 0 Å². The third-order valence-electron chi connectivity index (χ3n) is 2.37. The standard InChI is InChI=1S/C10H13F3N2O3S/c1-2-8(6-16)15-19(17,18)9-4-3-7(5-14-9)10(11,12)13/h3-5,8,15-16H,2,6H2,1H3/t8-/m1/s1. The summed E-state index contributed by atoms with van der Waals surface area (Å²) in [7, 11) is -4.03. The molecule has 19 heavy (non-hydrogen) atoms. The minimum Gasteiger partial charge on any atom is -0.395 e. The van der Waals surface area contributed by atoms with E-state index in [-0.39, 0.29) is 0 Å². The number of rotatable bonds is 5. The maximum absolute atomic E-state index is 12.3. The fraction of sp³-hybridized carbons (Fsp3) is 0.500. The minimum atomic E-state index is -4.57. The second kappa shape index (κ2) is 5.85. The van der Waals surface area contributed by atoms with Crippen LogP contribution >= 0.6 is 0 Å². The highest BCUT2D eigenvalue weighted by molar-refractivity contribution is 7.89. The summed E-state index contributed by atoms with van der Waals surface area (Å²) in [5, 5.41) is 8.37. The van der Waals surface area contributed by atoms with E-state index in [1.54, 1.807) is 6.92 Å². The van der Waals surface area contributed by atoms with Gasteiger partial charge in [0.25, 0.3) is 10.0 Å². The fourth-order valence-corrected chi connectivity index (χ4v) is 2.48. The molecule has 0 spiro atoms. The number of hydrogen-bond acceptors (Lipinski definition) is 4. The molecule has 5 nitrogen and oxygen atoms in total. The molecule has 0 amide bonds. The van der Waals surface area contributed by atoms with Gasteiger partial charge in [-0.25, -0.2) is 18.1 Å². The van der Waals surface area contributed by atoms with Crippen molar-refractivity contribution in [3.05, 3.63) is 23.9 Å². The molecule has 0 saturated heterocycles. The highest BCUT2D eigenvalue weighted by Crippen LogP contribution is 2.28. The van der Waals surface area contributed by atoms with Crippen LogP contribution in [-0.2, 0) is 16.2 Å². The number of sulfonamides is 1. The lowest BCUT2D eigenvalue weighted by molar-refractivity contribution is -0.137. The summed E-state index contributed by atoms with van der Waals surface area (Å²) in [5.74, 6) is 0. The number of halogens is 3. The molecule has 0 saturated carbocycles. The van der Waals surface area contributed by atoms with Gasteiger partial charge in [-0.15, -0.1) is 0 Å². The average molecular weight is 298 g/mol. The average Bonchev–Trinajstić information content (AvgIpc) is 2.35. The van der Waals surface area contributed by atoms with E-state index in [0.717, 1.165) is 6.07 Å². The van der Waals surface area contributed by atoms with Crippen LogP contribution in [0, 0.1) is 0 Å². The number of nitrogens with one attached hydrogen (secondary N) is 1. The van der Waals surface area contributed by atoms with Crippen LogP contribution in [0.4, 0.5) is 13.2 Å². The van der Waals surface area contributed by atoms with Gasteiger partial charge >= 0.3 is 6.18 Å². The predicted octanol–water partition coefficient (Wildman–Crippen LogP) is 1.15. The molecule has 0 aliphatic carbocycles. The third kappa shape index (κ3) is 4.15. The van der Waals surface area contributed by atoms with E-state index < -0.39 is 39.4 Å². The number of pyridine rings is 1. The van der Waals surface area contributed by atoms with Gasteiger partial charge in [0, 0.05) is 12.2 Å². The van der Waals surface area contributed by atoms with Crippen molar-refractivity contribution in [2.24, 2.45) is 0 Å². The summed E-state index contributed by atoms with van der Waals surface area (Å²) in [6, 6.07) is 0.713. The van der Waals surface area contributed by atoms with Crippen molar-refractivity contribution in [2.45, 2.75) is 30.6 Å². The van der Waals surface area contributed by atoms with Gasteiger partial charge in [-0.05, 0) is 18.6 Å². The van der Waals surface area contributed by atoms with Crippen molar-refractivity contribution in [3.8, 4) is 0 Å². The zero-order valence-corrected chi connectivity index (χ0v) is 10.8. The molecule has 0 unspecified atom stereocenters. The first-order chi connectivity index (χ1) is 8.70. The molecule has 1 heterocycles. The summed E-state index contributed by atoms with van der Waals surface area (Å²) in [6.45, 7) is 1.25. The molecule has 0 fully saturated rings. The molecule has 9 heteroatoms. The lowest BCUT2D eigenvalue weighted by atomic mass is 10.3. The first-order valence-corrected chi connectivity index (χ1v) is 6.85. The van der Waals surface area contributed by atoms with Gasteiger partial charge in [0.2, 0.25) is 0 Å². The number of aliphatic hydroxyl groups is 1. The smallest absolute Gasteiger partial charge is 0.395 e. The largest absolute Gasteiger partial charge is 0.417 e. The molecule has 0 aliphatic heterocycles. The SMILES string of the molecule is CC[C@H](CO)NS(=O)(=O)c1ccc(C(F)(F)F)cn1. The van der Waals surface area contributed by atoms with Crippen LogP contribution in [0.1, 0.15) is 18.9 Å². The topological polar surface area (TPSA) is 79.3 Å². The second-order valence-corrected chi connectivity index (χ2v) is 5.45. The Kier molecular flexibility index (Phi) is 4.88. The van der Waals surface area contributed by atoms with E-state index in [4.69, 9.17) is 5.11 Å². The maximum atomic E-state index is 12.3. The molecular weight excluding hydrogens is 285 g/mol. The summed E-state index contributed by atoms with van der Waals surface area (Å²) >= 11 is 0. The van der Waals surface area contributed by atoms with Crippen LogP contribution in [0.15, 0.2) is 23.4 Å². The van der Waals surface area contributed by atoms with Crippen LogP contribution in [0.5, 0.6) is 0 Å². The molecule has 0 radical (unpaired) electrons. The summed E-state index contributed by atoms with van der Waals surface area (Å²) in [5.41, 5.74) is -1.03. The number of aromatic nitrogens is 1. The van der Waals surface area contributed by atoms with Crippen LogP contribution < -0.4 is 4.72 Å². The summed E-state index contributed by atoms with van der Waals surface area (Å²) in [4.78, 5) is 3.29. The van der Waals surface area contributed by atoms with Crippen molar-refractivity contribution < 1.29 is 26.7 Å². The van der Waals surface area contributed by atoms with E-state index in [1.165, 1.54) is 0 Å². The Morgan fingerprint density at radius 2 is 2.05 bits per heavy atom. The molecule has 108 valence electrons. The summed E-state index contributed by atoms with van der Waals surface area (Å²) < 4.78 is 62.5. The number of nitrogens with zero attached hydrogens (tertiary/aromatic N) is 1. The molecule has 0 bridgehead atoms. The van der Waals surface area contributed by atoms with E-state index in [1.807, 2.05) is 0 Å². The molecule has 2 N–H and O–H groups in total. The Hall–Kier alpha value is -1.19. The van der Waals surface area contributed by atoms with E-state index >= 15 is 0 Å². The van der Waals surface area contributed by atoms with Crippen LogP contribution in [0.3, 0.4) is 0 Å². The summed E-state index contributed by atoms with van der Waals surface area (Å²) in [6.07, 6.45) is -3.77. The van der Waals surface area contributed by atoms with Crippen LogP contribution in [0.2, 0.25) is 0 Å². The van der Waals surface area contributed by atoms with Crippen molar-refractivity contribution in [1.29, 1.82) is 0 Å².